The van der Waals surface area contributed by atoms with Crippen LogP contribution in [0, 0.1) is 12.3 Å². The number of alkyl carbamates (subject to hydrolysis) is 2. The molecule has 0 unspecified atom stereocenters. The number of nitrogens with one attached hydrogen (secondary N) is 4. The second-order valence-electron chi connectivity index (χ2n) is 14.2. The summed E-state index contributed by atoms with van der Waals surface area (Å²) < 4.78 is 48.7. The van der Waals surface area contributed by atoms with Gasteiger partial charge in [0.2, 0.25) is 23.5 Å². The molecule has 0 radical (unpaired) electrons. The van der Waals surface area contributed by atoms with E-state index in [9.17, 15) is 29.1 Å². The highest BCUT2D eigenvalue weighted by molar-refractivity contribution is 6.01. The number of aliphatic hydroxyl groups is 1. The van der Waals surface area contributed by atoms with Crippen LogP contribution in [0.4, 0.5) is 9.59 Å². The first kappa shape index (κ1) is 50.5. The van der Waals surface area contributed by atoms with Crippen molar-refractivity contribution in [3.05, 3.63) is 11.8 Å². The van der Waals surface area contributed by atoms with Gasteiger partial charge in [-0.25, -0.2) is 19.4 Å². The zero-order chi connectivity index (χ0) is 43.0. The summed E-state index contributed by atoms with van der Waals surface area (Å²) in [5, 5.41) is 21.2. The van der Waals surface area contributed by atoms with Crippen molar-refractivity contribution in [2.45, 2.75) is 103 Å². The summed E-state index contributed by atoms with van der Waals surface area (Å²) in [6.07, 6.45) is 0.360. The van der Waals surface area contributed by atoms with Crippen molar-refractivity contribution >= 4 is 35.9 Å². The number of nitrogens with zero attached hydrogens (tertiary/aromatic N) is 1. The van der Waals surface area contributed by atoms with Gasteiger partial charge >= 0.3 is 18.2 Å². The zero-order valence-corrected chi connectivity index (χ0v) is 34.4. The van der Waals surface area contributed by atoms with E-state index in [2.05, 4.69) is 32.2 Å². The largest absolute Gasteiger partial charge is 0.478 e. The molecule has 0 aliphatic carbocycles. The average molecular weight is 816 g/mol. The van der Waals surface area contributed by atoms with Crippen LogP contribution in [0.3, 0.4) is 0 Å². The Morgan fingerprint density at radius 2 is 1.42 bits per heavy atom. The topological polar surface area (TPSA) is 249 Å². The van der Waals surface area contributed by atoms with Gasteiger partial charge in [0.05, 0.1) is 71.5 Å². The summed E-state index contributed by atoms with van der Waals surface area (Å²) in [6.45, 7) is 14.7. The van der Waals surface area contributed by atoms with Crippen LogP contribution in [0.1, 0.15) is 61.8 Å². The Morgan fingerprint density at radius 1 is 0.895 bits per heavy atom. The molecule has 0 saturated heterocycles. The summed E-state index contributed by atoms with van der Waals surface area (Å²) >= 11 is 0. The summed E-state index contributed by atoms with van der Waals surface area (Å²) in [7, 11) is 1.10. The van der Waals surface area contributed by atoms with Gasteiger partial charge in [0.25, 0.3) is 0 Å². The van der Waals surface area contributed by atoms with E-state index in [0.717, 1.165) is 7.11 Å². The molecule has 324 valence electrons. The number of amides is 4. The minimum atomic E-state index is -1.38. The van der Waals surface area contributed by atoms with Gasteiger partial charge in [-0.2, -0.15) is 0 Å². The number of esters is 1. The van der Waals surface area contributed by atoms with Crippen LogP contribution in [-0.2, 0) is 57.0 Å². The van der Waals surface area contributed by atoms with Crippen molar-refractivity contribution in [3.8, 4) is 12.3 Å². The number of ether oxygens (including phenoxy) is 9. The number of carbonyl (C=O) groups is 5. The number of terminal acetylenes is 1. The number of guanidine groups is 1. The second-order valence-corrected chi connectivity index (χ2v) is 14.2. The number of hydrogen-bond acceptors (Lipinski definition) is 16. The standard InChI is InChI=1S/C37H61N5O15/c1-11-14-50-16-18-52-20-21-53-19-17-51-15-13-38-28(45)23-54-30(26(44)12-2)31-29(39-24(3)43)25(22-27(55-31)32(46)49-10)40-33(41-34(47)56-36(4,5)6)42-35(48)57-37(7,8)9/h1,22,25-26,29-31,44H,12-21,23H2,2-10H3,(H,38,45)(H,39,43)(H2,40,41,42,47,48)/t25-,26+,29+,30+,31+/m0/s1. The molecule has 5 N–H and O–H groups in total. The van der Waals surface area contributed by atoms with Crippen molar-refractivity contribution in [2.75, 3.05) is 73.1 Å². The molecule has 0 bridgehead atoms. The summed E-state index contributed by atoms with van der Waals surface area (Å²) in [6, 6.07) is -2.52. The number of carbonyl (C=O) groups excluding carboxylic acids is 5. The molecule has 20 nitrogen and oxygen atoms in total. The normalized spacial score (nSPS) is 17.6. The Morgan fingerprint density at radius 3 is 1.89 bits per heavy atom. The van der Waals surface area contributed by atoms with Gasteiger partial charge in [0.1, 0.15) is 30.5 Å². The lowest BCUT2D eigenvalue weighted by atomic mass is 9.91. The number of aliphatic hydroxyl groups excluding tert-OH is 1. The van der Waals surface area contributed by atoms with Crippen LogP contribution in [-0.4, -0.2) is 156 Å². The molecule has 20 heteroatoms. The number of aliphatic imine (C=N–C) groups is 1. The molecule has 1 aliphatic heterocycles. The molecule has 0 spiro atoms. The Kier molecular flexibility index (Phi) is 23.4. The van der Waals surface area contributed by atoms with E-state index in [4.69, 9.17) is 49.1 Å². The number of hydrogen-bond donors (Lipinski definition) is 5. The molecular formula is C37H61N5O15. The molecule has 0 saturated carbocycles. The first-order chi connectivity index (χ1) is 26.8. The average Bonchev–Trinajstić information content (AvgIpc) is 3.10. The van der Waals surface area contributed by atoms with E-state index in [0.29, 0.717) is 33.0 Å². The molecule has 5 atom stereocenters. The molecule has 0 fully saturated rings. The van der Waals surface area contributed by atoms with Crippen molar-refractivity contribution in [1.82, 2.24) is 21.3 Å². The van der Waals surface area contributed by atoms with Crippen LogP contribution in [0.15, 0.2) is 16.8 Å². The zero-order valence-electron chi connectivity index (χ0n) is 34.4. The summed E-state index contributed by atoms with van der Waals surface area (Å²) in [5.74, 6) is -0.604. The van der Waals surface area contributed by atoms with Crippen molar-refractivity contribution in [2.24, 2.45) is 4.99 Å². The lowest BCUT2D eigenvalue weighted by Crippen LogP contribution is -2.60. The highest BCUT2D eigenvalue weighted by Crippen LogP contribution is 2.28. The minimum absolute atomic E-state index is 0.0960. The summed E-state index contributed by atoms with van der Waals surface area (Å²) in [5.41, 5.74) is -1.88. The van der Waals surface area contributed by atoms with E-state index >= 15 is 0 Å². The van der Waals surface area contributed by atoms with Gasteiger partial charge in [-0.3, -0.25) is 20.2 Å². The number of methoxy groups -OCH3 is 1. The molecule has 0 aromatic carbocycles. The third kappa shape index (κ3) is 22.7. The highest BCUT2D eigenvalue weighted by atomic mass is 16.6. The third-order valence-corrected chi connectivity index (χ3v) is 6.98. The molecule has 1 heterocycles. The van der Waals surface area contributed by atoms with Gasteiger partial charge < -0.3 is 58.4 Å². The van der Waals surface area contributed by atoms with Crippen LogP contribution < -0.4 is 21.3 Å². The van der Waals surface area contributed by atoms with E-state index in [1.165, 1.54) is 13.0 Å². The molecule has 0 aromatic rings. The van der Waals surface area contributed by atoms with Gasteiger partial charge in [-0.1, -0.05) is 12.8 Å². The van der Waals surface area contributed by atoms with Gasteiger partial charge in [0, 0.05) is 13.5 Å². The highest BCUT2D eigenvalue weighted by Gasteiger charge is 2.45. The lowest BCUT2D eigenvalue weighted by molar-refractivity contribution is -0.157. The van der Waals surface area contributed by atoms with Crippen molar-refractivity contribution < 1.29 is 71.7 Å². The van der Waals surface area contributed by atoms with Crippen molar-refractivity contribution in [1.29, 1.82) is 0 Å². The van der Waals surface area contributed by atoms with Crippen LogP contribution in [0.25, 0.3) is 0 Å². The van der Waals surface area contributed by atoms with Crippen LogP contribution in [0.2, 0.25) is 0 Å². The first-order valence-corrected chi connectivity index (χ1v) is 18.4. The second kappa shape index (κ2) is 26.4. The molecule has 1 rings (SSSR count). The van der Waals surface area contributed by atoms with E-state index < -0.39 is 89.9 Å². The summed E-state index contributed by atoms with van der Waals surface area (Å²) in [4.78, 5) is 68.3. The Bertz CT molecular complexity index is 1350. The smallest absolute Gasteiger partial charge is 0.414 e. The van der Waals surface area contributed by atoms with Crippen LogP contribution in [0.5, 0.6) is 0 Å². The van der Waals surface area contributed by atoms with Crippen LogP contribution >= 0.6 is 0 Å². The fourth-order valence-electron chi connectivity index (χ4n) is 4.70. The monoisotopic (exact) mass is 815 g/mol. The Hall–Kier alpha value is -4.52. The third-order valence-electron chi connectivity index (χ3n) is 6.98. The molecule has 4 amide bonds. The Balaban J connectivity index is 3.14. The maximum atomic E-state index is 12.8. The maximum Gasteiger partial charge on any atom is 0.414 e. The number of rotatable bonds is 22. The van der Waals surface area contributed by atoms with Crippen molar-refractivity contribution in [3.63, 3.8) is 0 Å². The molecule has 0 aromatic heterocycles. The predicted octanol–water partition coefficient (Wildman–Crippen LogP) is 0.693. The SMILES string of the molecule is C#CCOCCOCCOCCOCCNC(=O)CO[C@@H]([C@@H]1OC(C(=O)OC)=C[C@H](N=C(NC(=O)OC(C)(C)C)NC(=O)OC(C)(C)C)[C@H]1NC(C)=O)[C@H](O)CC. The minimum Gasteiger partial charge on any atom is -0.478 e. The van der Waals surface area contributed by atoms with E-state index in [1.54, 1.807) is 48.5 Å². The Labute approximate surface area is 334 Å². The van der Waals surface area contributed by atoms with E-state index in [-0.39, 0.29) is 32.8 Å². The van der Waals surface area contributed by atoms with Gasteiger partial charge in [-0.15, -0.1) is 6.42 Å². The fourth-order valence-corrected chi connectivity index (χ4v) is 4.70. The fraction of sp³-hybridized carbons (Fsp3) is 0.730. The molecule has 57 heavy (non-hydrogen) atoms. The lowest BCUT2D eigenvalue weighted by Gasteiger charge is -2.40. The molecule has 1 aliphatic rings. The maximum absolute atomic E-state index is 12.8. The predicted molar refractivity (Wildman–Crippen MR) is 204 cm³/mol. The van der Waals surface area contributed by atoms with E-state index in [1.807, 2.05) is 0 Å². The quantitative estimate of drug-likeness (QED) is 0.0252. The van der Waals surface area contributed by atoms with Gasteiger partial charge in [-0.05, 0) is 54.0 Å². The first-order valence-electron chi connectivity index (χ1n) is 18.4. The molecular weight excluding hydrogens is 754 g/mol. The van der Waals surface area contributed by atoms with Gasteiger partial charge in [0.15, 0.2) is 6.10 Å².